The summed E-state index contributed by atoms with van der Waals surface area (Å²) in [5.74, 6) is -1.38. The average molecular weight is 484 g/mol. The van der Waals surface area contributed by atoms with Crippen LogP contribution in [-0.2, 0) is 25.5 Å². The molecule has 1 aliphatic heterocycles. The van der Waals surface area contributed by atoms with Crippen molar-refractivity contribution in [3.63, 3.8) is 0 Å². The highest BCUT2D eigenvalue weighted by Crippen LogP contribution is 2.37. The summed E-state index contributed by atoms with van der Waals surface area (Å²) in [6.07, 6.45) is -4.33. The molecule has 178 valence electrons. The lowest BCUT2D eigenvalue weighted by Gasteiger charge is -2.17. The summed E-state index contributed by atoms with van der Waals surface area (Å²) < 4.78 is 70.5. The van der Waals surface area contributed by atoms with E-state index in [1.165, 1.54) is 44.2 Å². The van der Waals surface area contributed by atoms with E-state index in [1.54, 1.807) is 0 Å². The molecule has 0 saturated carbocycles. The van der Waals surface area contributed by atoms with Crippen LogP contribution in [0.4, 0.5) is 24.5 Å². The number of ether oxygens (including phenoxy) is 1. The predicted octanol–water partition coefficient (Wildman–Crippen LogP) is 4.26. The summed E-state index contributed by atoms with van der Waals surface area (Å²) in [4.78, 5) is 24.7. The van der Waals surface area contributed by atoms with Gasteiger partial charge in [-0.2, -0.15) is 13.2 Å². The maximum absolute atomic E-state index is 13.6. The Balaban J connectivity index is 1.80. The first kappa shape index (κ1) is 24.7. The van der Waals surface area contributed by atoms with Crippen LogP contribution in [0, 0.1) is 0 Å². The van der Waals surface area contributed by atoms with Crippen LogP contribution in [0.25, 0.3) is 0 Å². The van der Waals surface area contributed by atoms with Gasteiger partial charge >= 0.3 is 6.18 Å². The molecule has 7 nitrogen and oxygen atoms in total. The average Bonchev–Trinajstić information content (AvgIpc) is 3.29. The molecule has 1 atom stereocenters. The zero-order valence-corrected chi connectivity index (χ0v) is 18.7. The number of amides is 2. The highest BCUT2D eigenvalue weighted by atomic mass is 32.2. The summed E-state index contributed by atoms with van der Waals surface area (Å²) in [7, 11) is -3.55. The summed E-state index contributed by atoms with van der Waals surface area (Å²) >= 11 is 0. The van der Waals surface area contributed by atoms with Gasteiger partial charge in [0.2, 0.25) is 0 Å². The third kappa shape index (κ3) is 5.72. The first-order chi connectivity index (χ1) is 15.4. The van der Waals surface area contributed by atoms with Gasteiger partial charge in [0.25, 0.3) is 11.8 Å². The number of rotatable bonds is 6. The van der Waals surface area contributed by atoms with Crippen LogP contribution >= 0.6 is 0 Å². The van der Waals surface area contributed by atoms with Crippen LogP contribution in [0.5, 0.6) is 0 Å². The van der Waals surface area contributed by atoms with Gasteiger partial charge in [0, 0.05) is 17.9 Å². The van der Waals surface area contributed by atoms with Crippen LogP contribution < -0.4 is 10.6 Å². The van der Waals surface area contributed by atoms with E-state index in [4.69, 9.17) is 4.74 Å². The van der Waals surface area contributed by atoms with Crippen molar-refractivity contribution < 1.29 is 35.9 Å². The van der Waals surface area contributed by atoms with Gasteiger partial charge in [-0.25, -0.2) is 8.42 Å². The lowest BCUT2D eigenvalue weighted by atomic mass is 10.1. The molecule has 1 heterocycles. The van der Waals surface area contributed by atoms with Crippen LogP contribution in [-0.4, -0.2) is 38.2 Å². The molecule has 0 spiro atoms. The first-order valence-electron chi connectivity index (χ1n) is 10.2. The fraction of sp³-hybridized carbons (Fsp3) is 0.364. The molecule has 11 heteroatoms. The Kier molecular flexibility index (Phi) is 7.13. The standard InChI is InChI=1S/C22H23F3N2O5S/c1-13(2)33(30,31)16-8-5-14(6-9-16)20(28)27-18-10-7-15(12-17(18)22(23,24)25)26-21(29)19-4-3-11-32-19/h5-10,12-13,19H,3-4,11H2,1-2H3,(H,26,29)(H,27,28). The highest BCUT2D eigenvalue weighted by molar-refractivity contribution is 7.92. The molecule has 2 amide bonds. The van der Waals surface area contributed by atoms with Crippen molar-refractivity contribution in [2.45, 2.75) is 49.1 Å². The molecule has 1 saturated heterocycles. The Hall–Kier alpha value is -2.92. The number of nitrogens with one attached hydrogen (secondary N) is 2. The quantitative estimate of drug-likeness (QED) is 0.638. The zero-order valence-electron chi connectivity index (χ0n) is 17.9. The Labute approximate surface area is 189 Å². The molecular formula is C22H23F3N2O5S. The monoisotopic (exact) mass is 484 g/mol. The summed E-state index contributed by atoms with van der Waals surface area (Å²) in [5, 5.41) is 3.95. The highest BCUT2D eigenvalue weighted by Gasteiger charge is 2.35. The maximum Gasteiger partial charge on any atom is 0.418 e. The molecule has 1 aliphatic rings. The second kappa shape index (κ2) is 9.52. The third-order valence-electron chi connectivity index (χ3n) is 5.13. The van der Waals surface area contributed by atoms with E-state index < -0.39 is 50.4 Å². The minimum absolute atomic E-state index is 0.0105. The van der Waals surface area contributed by atoms with E-state index in [0.29, 0.717) is 19.4 Å². The van der Waals surface area contributed by atoms with Crippen molar-refractivity contribution >= 4 is 33.0 Å². The fourth-order valence-electron chi connectivity index (χ4n) is 3.24. The fourth-order valence-corrected chi connectivity index (χ4v) is 4.30. The van der Waals surface area contributed by atoms with Crippen LogP contribution in [0.2, 0.25) is 0 Å². The van der Waals surface area contributed by atoms with E-state index in [-0.39, 0.29) is 16.1 Å². The van der Waals surface area contributed by atoms with Crippen molar-refractivity contribution in [2.75, 3.05) is 17.2 Å². The van der Waals surface area contributed by atoms with Gasteiger partial charge in [0.1, 0.15) is 6.10 Å². The minimum atomic E-state index is -4.80. The number of anilines is 2. The molecule has 0 radical (unpaired) electrons. The third-order valence-corrected chi connectivity index (χ3v) is 7.30. The van der Waals surface area contributed by atoms with Gasteiger partial charge in [-0.3, -0.25) is 9.59 Å². The van der Waals surface area contributed by atoms with Crippen molar-refractivity contribution in [3.8, 4) is 0 Å². The van der Waals surface area contributed by atoms with Gasteiger partial charge in [-0.05, 0) is 69.2 Å². The van der Waals surface area contributed by atoms with E-state index >= 15 is 0 Å². The molecule has 0 aliphatic carbocycles. The Morgan fingerprint density at radius 2 is 1.73 bits per heavy atom. The number of hydrogen-bond donors (Lipinski definition) is 2. The van der Waals surface area contributed by atoms with Crippen molar-refractivity contribution in [2.24, 2.45) is 0 Å². The van der Waals surface area contributed by atoms with Gasteiger partial charge < -0.3 is 15.4 Å². The summed E-state index contributed by atoms with van der Waals surface area (Å²) in [6, 6.07) is 7.96. The van der Waals surface area contributed by atoms with Crippen molar-refractivity contribution in [1.29, 1.82) is 0 Å². The number of hydrogen-bond acceptors (Lipinski definition) is 5. The second-order valence-electron chi connectivity index (χ2n) is 7.82. The first-order valence-corrected chi connectivity index (χ1v) is 11.7. The predicted molar refractivity (Wildman–Crippen MR) is 116 cm³/mol. The molecule has 33 heavy (non-hydrogen) atoms. The topological polar surface area (TPSA) is 102 Å². The van der Waals surface area contributed by atoms with E-state index in [0.717, 1.165) is 12.1 Å². The number of sulfone groups is 1. The molecule has 0 aromatic heterocycles. The van der Waals surface area contributed by atoms with Gasteiger partial charge in [0.15, 0.2) is 9.84 Å². The zero-order chi connectivity index (χ0) is 24.4. The number of carbonyl (C=O) groups is 2. The van der Waals surface area contributed by atoms with Gasteiger partial charge in [-0.15, -0.1) is 0 Å². The number of carbonyl (C=O) groups excluding carboxylic acids is 2. The Morgan fingerprint density at radius 3 is 2.27 bits per heavy atom. The summed E-state index contributed by atoms with van der Waals surface area (Å²) in [6.45, 7) is 3.45. The SMILES string of the molecule is CC(C)S(=O)(=O)c1ccc(C(=O)Nc2ccc(NC(=O)C3CCCO3)cc2C(F)(F)F)cc1. The number of benzene rings is 2. The van der Waals surface area contributed by atoms with Crippen molar-refractivity contribution in [1.82, 2.24) is 0 Å². The van der Waals surface area contributed by atoms with Crippen LogP contribution in [0.3, 0.4) is 0 Å². The molecular weight excluding hydrogens is 461 g/mol. The lowest BCUT2D eigenvalue weighted by Crippen LogP contribution is -2.27. The molecule has 2 aromatic carbocycles. The number of halogens is 3. The second-order valence-corrected chi connectivity index (χ2v) is 10.3. The van der Waals surface area contributed by atoms with Gasteiger partial charge in [-0.1, -0.05) is 0 Å². The normalized spacial score (nSPS) is 16.6. The molecule has 0 bridgehead atoms. The molecule has 1 fully saturated rings. The summed E-state index contributed by atoms with van der Waals surface area (Å²) in [5.41, 5.74) is -1.73. The maximum atomic E-state index is 13.6. The Bertz CT molecular complexity index is 1140. The van der Waals surface area contributed by atoms with Gasteiger partial charge in [0.05, 0.1) is 21.4 Å². The largest absolute Gasteiger partial charge is 0.418 e. The molecule has 1 unspecified atom stereocenters. The van der Waals surface area contributed by atoms with E-state index in [9.17, 15) is 31.2 Å². The molecule has 2 aromatic rings. The van der Waals surface area contributed by atoms with Crippen molar-refractivity contribution in [3.05, 3.63) is 53.6 Å². The molecule has 3 rings (SSSR count). The molecule has 2 N–H and O–H groups in total. The van der Waals surface area contributed by atoms with E-state index in [1.807, 2.05) is 0 Å². The number of alkyl halides is 3. The van der Waals surface area contributed by atoms with E-state index in [2.05, 4.69) is 10.6 Å². The Morgan fingerprint density at radius 1 is 1.06 bits per heavy atom. The minimum Gasteiger partial charge on any atom is -0.368 e. The lowest BCUT2D eigenvalue weighted by molar-refractivity contribution is -0.137. The van der Waals surface area contributed by atoms with Crippen LogP contribution in [0.15, 0.2) is 47.4 Å². The smallest absolute Gasteiger partial charge is 0.368 e. The van der Waals surface area contributed by atoms with Crippen LogP contribution in [0.1, 0.15) is 42.6 Å².